The fourth-order valence-corrected chi connectivity index (χ4v) is 2.58. The summed E-state index contributed by atoms with van der Waals surface area (Å²) in [4.78, 5) is 2.37. The average molecular weight is 266 g/mol. The second-order valence-corrected chi connectivity index (χ2v) is 5.49. The maximum absolute atomic E-state index is 13.0. The Bertz CT molecular complexity index is 403. The van der Waals surface area contributed by atoms with Gasteiger partial charge in [0.15, 0.2) is 0 Å². The highest BCUT2D eigenvalue weighted by Gasteiger charge is 2.15. The van der Waals surface area contributed by atoms with E-state index in [0.717, 1.165) is 18.9 Å². The van der Waals surface area contributed by atoms with Crippen molar-refractivity contribution in [2.24, 2.45) is 5.92 Å². The number of likely N-dealkylation sites (tertiary alicyclic amines) is 1. The quantitative estimate of drug-likeness (QED) is 0.803. The van der Waals surface area contributed by atoms with Gasteiger partial charge in [-0.2, -0.15) is 0 Å². The Morgan fingerprint density at radius 3 is 2.84 bits per heavy atom. The van der Waals surface area contributed by atoms with Crippen LogP contribution in [-0.4, -0.2) is 36.7 Å². The Hall–Kier alpha value is -1.13. The van der Waals surface area contributed by atoms with Gasteiger partial charge in [0.2, 0.25) is 0 Å². The second-order valence-electron chi connectivity index (χ2n) is 5.49. The van der Waals surface area contributed by atoms with Crippen molar-refractivity contribution in [1.82, 2.24) is 10.2 Å². The fourth-order valence-electron chi connectivity index (χ4n) is 2.58. The minimum Gasteiger partial charge on any atom is -0.508 e. The highest BCUT2D eigenvalue weighted by Crippen LogP contribution is 2.20. The Morgan fingerprint density at radius 1 is 1.37 bits per heavy atom. The Balaban J connectivity index is 1.68. The summed E-state index contributed by atoms with van der Waals surface area (Å²) >= 11 is 0. The van der Waals surface area contributed by atoms with Crippen LogP contribution < -0.4 is 5.32 Å². The number of aromatic hydroxyl groups is 1. The highest BCUT2D eigenvalue weighted by molar-refractivity contribution is 5.32. The molecule has 2 N–H and O–H groups in total. The van der Waals surface area contributed by atoms with E-state index in [1.54, 1.807) is 0 Å². The van der Waals surface area contributed by atoms with Crippen LogP contribution >= 0.6 is 0 Å². The molecule has 1 aliphatic heterocycles. The van der Waals surface area contributed by atoms with Crippen LogP contribution in [0.2, 0.25) is 0 Å². The SMILES string of the molecule is CN1CCC(CCNCc2cc(F)ccc2O)CC1. The van der Waals surface area contributed by atoms with Gasteiger partial charge in [-0.25, -0.2) is 4.39 Å². The molecule has 0 saturated carbocycles. The predicted octanol–water partition coefficient (Wildman–Crippen LogP) is 2.35. The van der Waals surface area contributed by atoms with Crippen LogP contribution in [-0.2, 0) is 6.54 Å². The predicted molar refractivity (Wildman–Crippen MR) is 74.6 cm³/mol. The van der Waals surface area contributed by atoms with Crippen LogP contribution in [0.5, 0.6) is 5.75 Å². The minimum absolute atomic E-state index is 0.160. The van der Waals surface area contributed by atoms with Gasteiger partial charge in [-0.15, -0.1) is 0 Å². The summed E-state index contributed by atoms with van der Waals surface area (Å²) in [5, 5.41) is 12.9. The Morgan fingerprint density at radius 2 is 2.11 bits per heavy atom. The first-order chi connectivity index (χ1) is 9.15. The molecule has 0 aromatic heterocycles. The van der Waals surface area contributed by atoms with E-state index < -0.39 is 0 Å². The third-order valence-corrected chi connectivity index (χ3v) is 3.92. The highest BCUT2D eigenvalue weighted by atomic mass is 19.1. The molecule has 1 aromatic rings. The maximum atomic E-state index is 13.0. The fraction of sp³-hybridized carbons (Fsp3) is 0.600. The van der Waals surface area contributed by atoms with E-state index in [1.807, 2.05) is 0 Å². The summed E-state index contributed by atoms with van der Waals surface area (Å²) in [6.07, 6.45) is 3.69. The largest absolute Gasteiger partial charge is 0.508 e. The van der Waals surface area contributed by atoms with E-state index in [2.05, 4.69) is 17.3 Å². The molecule has 19 heavy (non-hydrogen) atoms. The van der Waals surface area contributed by atoms with E-state index in [0.29, 0.717) is 12.1 Å². The van der Waals surface area contributed by atoms with E-state index in [1.165, 1.54) is 44.1 Å². The van der Waals surface area contributed by atoms with E-state index in [-0.39, 0.29) is 11.6 Å². The maximum Gasteiger partial charge on any atom is 0.123 e. The molecule has 1 aliphatic rings. The van der Waals surface area contributed by atoms with Crippen LogP contribution in [0.1, 0.15) is 24.8 Å². The smallest absolute Gasteiger partial charge is 0.123 e. The first kappa shape index (κ1) is 14.3. The molecular weight excluding hydrogens is 243 g/mol. The third-order valence-electron chi connectivity index (χ3n) is 3.92. The van der Waals surface area contributed by atoms with Gasteiger partial charge in [0.1, 0.15) is 11.6 Å². The zero-order chi connectivity index (χ0) is 13.7. The van der Waals surface area contributed by atoms with Crippen molar-refractivity contribution in [2.45, 2.75) is 25.8 Å². The molecule has 0 aliphatic carbocycles. The number of piperidine rings is 1. The first-order valence-corrected chi connectivity index (χ1v) is 7.02. The molecule has 106 valence electrons. The summed E-state index contributed by atoms with van der Waals surface area (Å²) in [6.45, 7) is 3.82. The molecule has 0 atom stereocenters. The number of rotatable bonds is 5. The van der Waals surface area contributed by atoms with Crippen molar-refractivity contribution in [1.29, 1.82) is 0 Å². The van der Waals surface area contributed by atoms with Gasteiger partial charge < -0.3 is 15.3 Å². The molecule has 1 saturated heterocycles. The summed E-state index contributed by atoms with van der Waals surface area (Å²) in [5.41, 5.74) is 0.628. The molecule has 0 spiro atoms. The lowest BCUT2D eigenvalue weighted by atomic mass is 9.94. The van der Waals surface area contributed by atoms with Crippen LogP contribution in [0.3, 0.4) is 0 Å². The molecule has 0 radical (unpaired) electrons. The molecule has 0 unspecified atom stereocenters. The number of phenolic OH excluding ortho intramolecular Hbond substituents is 1. The van der Waals surface area contributed by atoms with Crippen molar-refractivity contribution in [3.8, 4) is 5.75 Å². The van der Waals surface area contributed by atoms with Crippen LogP contribution in [0.25, 0.3) is 0 Å². The molecule has 0 amide bonds. The van der Waals surface area contributed by atoms with Gasteiger partial charge in [-0.05, 0) is 70.1 Å². The van der Waals surface area contributed by atoms with Gasteiger partial charge in [0, 0.05) is 12.1 Å². The summed E-state index contributed by atoms with van der Waals surface area (Å²) in [5.74, 6) is 0.655. The molecule has 0 bridgehead atoms. The number of hydrogen-bond donors (Lipinski definition) is 2. The standard InChI is InChI=1S/C15H23FN2O/c1-18-8-5-12(6-9-18)4-7-17-11-13-10-14(16)2-3-15(13)19/h2-3,10,12,17,19H,4-9,11H2,1H3. The van der Waals surface area contributed by atoms with Gasteiger partial charge in [0.25, 0.3) is 0 Å². The van der Waals surface area contributed by atoms with Crippen molar-refractivity contribution in [2.75, 3.05) is 26.7 Å². The van der Waals surface area contributed by atoms with E-state index in [4.69, 9.17) is 0 Å². The number of halogens is 1. The van der Waals surface area contributed by atoms with Crippen molar-refractivity contribution in [3.63, 3.8) is 0 Å². The lowest BCUT2D eigenvalue weighted by molar-refractivity contribution is 0.211. The monoisotopic (exact) mass is 266 g/mol. The number of benzene rings is 1. The first-order valence-electron chi connectivity index (χ1n) is 7.02. The summed E-state index contributed by atoms with van der Waals surface area (Å²) in [7, 11) is 2.17. The average Bonchev–Trinajstić information content (AvgIpc) is 2.40. The Labute approximate surface area is 114 Å². The van der Waals surface area contributed by atoms with Crippen molar-refractivity contribution >= 4 is 0 Å². The van der Waals surface area contributed by atoms with Crippen molar-refractivity contribution < 1.29 is 9.50 Å². The zero-order valence-corrected chi connectivity index (χ0v) is 11.5. The molecule has 4 heteroatoms. The van der Waals surface area contributed by atoms with Gasteiger partial charge >= 0.3 is 0 Å². The molecule has 1 heterocycles. The second kappa shape index (κ2) is 6.87. The number of phenols is 1. The third kappa shape index (κ3) is 4.48. The molecule has 3 nitrogen and oxygen atoms in total. The number of hydrogen-bond acceptors (Lipinski definition) is 3. The molecule has 2 rings (SSSR count). The topological polar surface area (TPSA) is 35.5 Å². The van der Waals surface area contributed by atoms with Gasteiger partial charge in [-0.3, -0.25) is 0 Å². The number of nitrogens with zero attached hydrogens (tertiary/aromatic N) is 1. The lowest BCUT2D eigenvalue weighted by Crippen LogP contribution is -2.31. The van der Waals surface area contributed by atoms with Gasteiger partial charge in [0.05, 0.1) is 0 Å². The minimum atomic E-state index is -0.301. The van der Waals surface area contributed by atoms with E-state index >= 15 is 0 Å². The molecular formula is C15H23FN2O. The zero-order valence-electron chi connectivity index (χ0n) is 11.5. The Kier molecular flexibility index (Phi) is 5.16. The molecule has 1 fully saturated rings. The summed E-state index contributed by atoms with van der Waals surface area (Å²) < 4.78 is 13.0. The number of nitrogens with one attached hydrogen (secondary N) is 1. The van der Waals surface area contributed by atoms with Gasteiger partial charge in [-0.1, -0.05) is 0 Å². The summed E-state index contributed by atoms with van der Waals surface area (Å²) in [6, 6.07) is 4.07. The van der Waals surface area contributed by atoms with E-state index in [9.17, 15) is 9.50 Å². The lowest BCUT2D eigenvalue weighted by Gasteiger charge is -2.28. The van der Waals surface area contributed by atoms with Crippen LogP contribution in [0.4, 0.5) is 4.39 Å². The van der Waals surface area contributed by atoms with Crippen LogP contribution in [0.15, 0.2) is 18.2 Å². The van der Waals surface area contributed by atoms with Crippen molar-refractivity contribution in [3.05, 3.63) is 29.6 Å². The normalized spacial score (nSPS) is 17.8. The van der Waals surface area contributed by atoms with Crippen LogP contribution in [0, 0.1) is 11.7 Å². The molecule has 1 aromatic carbocycles.